The number of anilines is 2. The van der Waals surface area contributed by atoms with E-state index in [0.29, 0.717) is 5.92 Å². The van der Waals surface area contributed by atoms with E-state index in [0.717, 1.165) is 11.2 Å². The van der Waals surface area contributed by atoms with Gasteiger partial charge in [-0.3, -0.25) is 0 Å². The minimum atomic E-state index is 0.283. The monoisotopic (exact) mass is 499 g/mol. The first-order valence-electron chi connectivity index (χ1n) is 13.6. The van der Waals surface area contributed by atoms with E-state index in [4.69, 9.17) is 0 Å². The van der Waals surface area contributed by atoms with Crippen molar-refractivity contribution in [3.63, 3.8) is 0 Å². The van der Waals surface area contributed by atoms with Crippen LogP contribution < -0.4 is 4.90 Å². The van der Waals surface area contributed by atoms with Crippen molar-refractivity contribution in [2.75, 3.05) is 4.90 Å². The molecule has 2 aliphatic rings. The summed E-state index contributed by atoms with van der Waals surface area (Å²) in [5.74, 6) is 0.372. The molecule has 3 heteroatoms. The van der Waals surface area contributed by atoms with Gasteiger partial charge in [-0.05, 0) is 48.0 Å². The third kappa shape index (κ3) is 2.87. The molecule has 0 saturated carbocycles. The van der Waals surface area contributed by atoms with Crippen LogP contribution in [0.15, 0.2) is 133 Å². The van der Waals surface area contributed by atoms with Crippen molar-refractivity contribution >= 4 is 55.0 Å². The first kappa shape index (κ1) is 21.0. The maximum Gasteiger partial charge on any atom is 0.0629 e. The highest BCUT2D eigenvalue weighted by atomic mass is 15.2. The zero-order chi connectivity index (χ0) is 25.5. The Kier molecular flexibility index (Phi) is 4.17. The maximum atomic E-state index is 3.64. The SMILES string of the molecule is C1=CC2c3ccccc3N(c3ccc4c5ccccc5n(-c5ccc6c(c5)[nH]c5ccccc56)c4c3)C2C=C1. The highest BCUT2D eigenvalue weighted by Crippen LogP contribution is 2.48. The van der Waals surface area contributed by atoms with Crippen LogP contribution >= 0.6 is 0 Å². The molecule has 0 fully saturated rings. The van der Waals surface area contributed by atoms with Crippen LogP contribution in [0, 0.1) is 0 Å². The lowest BCUT2D eigenvalue weighted by atomic mass is 9.91. The van der Waals surface area contributed by atoms with Crippen molar-refractivity contribution < 1.29 is 0 Å². The number of para-hydroxylation sites is 3. The van der Waals surface area contributed by atoms with E-state index in [9.17, 15) is 0 Å². The molecule has 2 aromatic heterocycles. The summed E-state index contributed by atoms with van der Waals surface area (Å²) >= 11 is 0. The Morgan fingerprint density at radius 1 is 0.538 bits per heavy atom. The standard InChI is InChI=1S/C36H25N3/c1-5-13-31-25(9-1)26-19-17-23(21-32(26)37-31)39-35-16-8-4-12-29(35)30-20-18-24(22-36(30)39)38-33-14-6-2-10-27(33)28-11-3-7-15-34(28)38/h1-22,27,33,37H. The number of benzene rings is 5. The van der Waals surface area contributed by atoms with Gasteiger partial charge in [0.15, 0.2) is 0 Å². The molecule has 1 aliphatic heterocycles. The Bertz CT molecular complexity index is 2160. The zero-order valence-electron chi connectivity index (χ0n) is 21.3. The maximum absolute atomic E-state index is 3.64. The van der Waals surface area contributed by atoms with Crippen molar-refractivity contribution in [2.45, 2.75) is 12.0 Å². The summed E-state index contributed by atoms with van der Waals surface area (Å²) < 4.78 is 2.43. The summed E-state index contributed by atoms with van der Waals surface area (Å²) in [7, 11) is 0. The third-order valence-electron chi connectivity index (χ3n) is 8.64. The topological polar surface area (TPSA) is 24.0 Å². The van der Waals surface area contributed by atoms with Crippen molar-refractivity contribution in [2.24, 2.45) is 0 Å². The minimum Gasteiger partial charge on any atom is -0.354 e. The fraction of sp³-hybridized carbons (Fsp3) is 0.0556. The second-order valence-electron chi connectivity index (χ2n) is 10.7. The fourth-order valence-corrected chi connectivity index (χ4v) is 6.96. The van der Waals surface area contributed by atoms with Crippen LogP contribution in [0.2, 0.25) is 0 Å². The van der Waals surface area contributed by atoms with Gasteiger partial charge in [-0.1, -0.05) is 91.0 Å². The largest absolute Gasteiger partial charge is 0.354 e. The molecule has 1 N–H and O–H groups in total. The van der Waals surface area contributed by atoms with Crippen LogP contribution in [-0.4, -0.2) is 15.6 Å². The van der Waals surface area contributed by atoms with Gasteiger partial charge in [0.1, 0.15) is 0 Å². The molecule has 3 heterocycles. The van der Waals surface area contributed by atoms with Crippen LogP contribution in [0.5, 0.6) is 0 Å². The molecule has 184 valence electrons. The van der Waals surface area contributed by atoms with E-state index in [1.807, 2.05) is 0 Å². The van der Waals surface area contributed by atoms with Gasteiger partial charge < -0.3 is 14.5 Å². The average Bonchev–Trinajstić information content (AvgIpc) is 3.64. The van der Waals surface area contributed by atoms with Crippen molar-refractivity contribution in [1.29, 1.82) is 0 Å². The quantitative estimate of drug-likeness (QED) is 0.252. The highest BCUT2D eigenvalue weighted by Gasteiger charge is 2.37. The van der Waals surface area contributed by atoms with E-state index in [2.05, 4.69) is 148 Å². The van der Waals surface area contributed by atoms with Gasteiger partial charge >= 0.3 is 0 Å². The Balaban J connectivity index is 1.29. The van der Waals surface area contributed by atoms with Crippen LogP contribution in [0.3, 0.4) is 0 Å². The number of allylic oxidation sites excluding steroid dienone is 2. The molecule has 0 radical (unpaired) electrons. The number of nitrogens with one attached hydrogen (secondary N) is 1. The molecular weight excluding hydrogens is 474 g/mol. The number of hydrogen-bond acceptors (Lipinski definition) is 1. The van der Waals surface area contributed by atoms with Crippen molar-refractivity contribution in [1.82, 2.24) is 9.55 Å². The Morgan fingerprint density at radius 2 is 1.26 bits per heavy atom. The zero-order valence-corrected chi connectivity index (χ0v) is 21.3. The summed E-state index contributed by atoms with van der Waals surface area (Å²) in [4.78, 5) is 6.16. The predicted molar refractivity (Wildman–Crippen MR) is 164 cm³/mol. The van der Waals surface area contributed by atoms with Crippen LogP contribution in [0.1, 0.15) is 11.5 Å². The molecule has 1 aliphatic carbocycles. The highest BCUT2D eigenvalue weighted by molar-refractivity contribution is 6.11. The molecule has 5 aromatic carbocycles. The number of nitrogens with zero attached hydrogens (tertiary/aromatic N) is 2. The lowest BCUT2D eigenvalue weighted by Crippen LogP contribution is -2.28. The molecule has 7 aromatic rings. The second-order valence-corrected chi connectivity index (χ2v) is 10.7. The van der Waals surface area contributed by atoms with Crippen LogP contribution in [0.4, 0.5) is 11.4 Å². The van der Waals surface area contributed by atoms with E-state index in [1.165, 1.54) is 55.0 Å². The van der Waals surface area contributed by atoms with E-state index in [1.54, 1.807) is 0 Å². The second kappa shape index (κ2) is 7.75. The Morgan fingerprint density at radius 3 is 2.23 bits per heavy atom. The van der Waals surface area contributed by atoms with Gasteiger partial charge in [0.05, 0.1) is 17.1 Å². The lowest BCUT2D eigenvalue weighted by Gasteiger charge is -2.29. The van der Waals surface area contributed by atoms with Crippen LogP contribution in [-0.2, 0) is 0 Å². The lowest BCUT2D eigenvalue weighted by molar-refractivity contribution is 0.745. The summed E-state index contributed by atoms with van der Waals surface area (Å²) in [6.07, 6.45) is 9.05. The molecular formula is C36H25N3. The van der Waals surface area contributed by atoms with Crippen molar-refractivity contribution in [3.8, 4) is 5.69 Å². The average molecular weight is 500 g/mol. The van der Waals surface area contributed by atoms with Gasteiger partial charge in [-0.25, -0.2) is 0 Å². The van der Waals surface area contributed by atoms with Gasteiger partial charge in [0.2, 0.25) is 0 Å². The van der Waals surface area contributed by atoms with Crippen molar-refractivity contribution in [3.05, 3.63) is 139 Å². The van der Waals surface area contributed by atoms with E-state index < -0.39 is 0 Å². The summed E-state index contributed by atoms with van der Waals surface area (Å²) in [6.45, 7) is 0. The molecule has 3 nitrogen and oxygen atoms in total. The summed E-state index contributed by atoms with van der Waals surface area (Å²) in [5.41, 5.74) is 9.85. The number of hydrogen-bond donors (Lipinski definition) is 1. The first-order chi connectivity index (χ1) is 19.3. The number of H-pyrrole nitrogens is 1. The molecule has 0 saturated heterocycles. The van der Waals surface area contributed by atoms with Crippen LogP contribution in [0.25, 0.3) is 49.3 Å². The fourth-order valence-electron chi connectivity index (χ4n) is 6.96. The van der Waals surface area contributed by atoms with Gasteiger partial charge in [0, 0.05) is 55.6 Å². The number of fused-ring (bicyclic) bond motifs is 9. The molecule has 9 rings (SSSR count). The predicted octanol–water partition coefficient (Wildman–Crippen LogP) is 9.15. The summed E-state index contributed by atoms with van der Waals surface area (Å²) in [6, 6.07) is 40.2. The number of rotatable bonds is 2. The molecule has 0 bridgehead atoms. The molecule has 39 heavy (non-hydrogen) atoms. The molecule has 0 spiro atoms. The molecule has 2 unspecified atom stereocenters. The Hall–Kier alpha value is -5.02. The number of aromatic nitrogens is 2. The van der Waals surface area contributed by atoms with E-state index in [-0.39, 0.29) is 6.04 Å². The third-order valence-corrected chi connectivity index (χ3v) is 8.64. The molecule has 2 atom stereocenters. The molecule has 0 amide bonds. The minimum absolute atomic E-state index is 0.283. The normalized spacial score (nSPS) is 18.0. The Labute approximate surface area is 225 Å². The van der Waals surface area contributed by atoms with E-state index >= 15 is 0 Å². The number of aromatic amines is 1. The van der Waals surface area contributed by atoms with Gasteiger partial charge in [-0.15, -0.1) is 0 Å². The van der Waals surface area contributed by atoms with Gasteiger partial charge in [0.25, 0.3) is 0 Å². The van der Waals surface area contributed by atoms with Gasteiger partial charge in [-0.2, -0.15) is 0 Å². The smallest absolute Gasteiger partial charge is 0.0629 e. The first-order valence-corrected chi connectivity index (χ1v) is 13.6. The summed E-state index contributed by atoms with van der Waals surface area (Å²) in [5, 5.41) is 5.07.